The molecule has 0 aromatic heterocycles. The molecule has 2 nitrogen and oxygen atoms in total. The molecular weight excluding hydrogens is 239 g/mol. The molecule has 1 aliphatic rings. The van der Waals surface area contributed by atoms with Crippen LogP contribution in [0.1, 0.15) is 43.9 Å². The summed E-state index contributed by atoms with van der Waals surface area (Å²) in [7, 11) is 0. The molecule has 1 N–H and O–H groups in total. The molecule has 1 heterocycles. The Morgan fingerprint density at radius 1 is 1.42 bits per heavy atom. The van der Waals surface area contributed by atoms with Gasteiger partial charge in [0, 0.05) is 24.8 Å². The molecule has 1 aromatic rings. The van der Waals surface area contributed by atoms with Gasteiger partial charge in [-0.3, -0.25) is 0 Å². The van der Waals surface area contributed by atoms with Crippen LogP contribution in [0, 0.1) is 0 Å². The fourth-order valence-electron chi connectivity index (χ4n) is 2.78. The van der Waals surface area contributed by atoms with Crippen LogP contribution in [0.4, 0.5) is 10.1 Å². The fraction of sp³-hybridized carbons (Fsp3) is 0.625. The van der Waals surface area contributed by atoms with Crippen molar-refractivity contribution in [2.75, 3.05) is 31.2 Å². The number of fused-ring (bicyclic) bond motifs is 1. The maximum atomic E-state index is 12.6. The first-order valence-corrected chi connectivity index (χ1v) is 7.43. The van der Waals surface area contributed by atoms with Gasteiger partial charge in [-0.15, -0.1) is 0 Å². The van der Waals surface area contributed by atoms with Crippen LogP contribution in [0.3, 0.4) is 0 Å². The van der Waals surface area contributed by atoms with E-state index in [2.05, 4.69) is 42.3 Å². The van der Waals surface area contributed by atoms with Crippen molar-refractivity contribution in [1.29, 1.82) is 0 Å². The zero-order valence-electron chi connectivity index (χ0n) is 12.1. The number of anilines is 1. The van der Waals surface area contributed by atoms with Gasteiger partial charge in [0.2, 0.25) is 0 Å². The van der Waals surface area contributed by atoms with E-state index in [1.807, 2.05) is 0 Å². The highest BCUT2D eigenvalue weighted by Gasteiger charge is 2.17. The van der Waals surface area contributed by atoms with Gasteiger partial charge in [-0.1, -0.05) is 19.1 Å². The van der Waals surface area contributed by atoms with Crippen LogP contribution in [-0.2, 0) is 6.42 Å². The standard InChI is InChI=1S/C16H25FN2/c1-3-9-18-13(2)14-6-7-16-15(12-14)5-4-10-19(16)11-8-17/h6-7,12-13,18H,3-5,8-11H2,1-2H3. The molecular formula is C16H25FN2. The minimum Gasteiger partial charge on any atom is -0.369 e. The quantitative estimate of drug-likeness (QED) is 0.846. The molecule has 1 unspecified atom stereocenters. The Kier molecular flexibility index (Phi) is 5.20. The normalized spacial score (nSPS) is 16.3. The van der Waals surface area contributed by atoms with Gasteiger partial charge in [-0.05, 0) is 49.9 Å². The van der Waals surface area contributed by atoms with Crippen molar-refractivity contribution in [2.45, 2.75) is 39.2 Å². The van der Waals surface area contributed by atoms with Crippen molar-refractivity contribution in [3.63, 3.8) is 0 Å². The molecule has 0 saturated carbocycles. The smallest absolute Gasteiger partial charge is 0.107 e. The highest BCUT2D eigenvalue weighted by atomic mass is 19.1. The molecule has 1 atom stereocenters. The number of halogens is 1. The van der Waals surface area contributed by atoms with E-state index in [4.69, 9.17) is 0 Å². The van der Waals surface area contributed by atoms with Crippen LogP contribution in [0.15, 0.2) is 18.2 Å². The Hall–Kier alpha value is -1.09. The van der Waals surface area contributed by atoms with Crippen molar-refractivity contribution in [2.24, 2.45) is 0 Å². The van der Waals surface area contributed by atoms with E-state index >= 15 is 0 Å². The van der Waals surface area contributed by atoms with Gasteiger partial charge in [-0.25, -0.2) is 4.39 Å². The fourth-order valence-corrected chi connectivity index (χ4v) is 2.78. The van der Waals surface area contributed by atoms with Gasteiger partial charge in [0.05, 0.1) is 0 Å². The zero-order valence-corrected chi connectivity index (χ0v) is 12.1. The van der Waals surface area contributed by atoms with Crippen LogP contribution < -0.4 is 10.2 Å². The summed E-state index contributed by atoms with van der Waals surface area (Å²) >= 11 is 0. The number of benzene rings is 1. The molecule has 1 aromatic carbocycles. The molecule has 0 fully saturated rings. The summed E-state index contributed by atoms with van der Waals surface area (Å²) in [5, 5.41) is 3.52. The molecule has 0 radical (unpaired) electrons. The minimum absolute atomic E-state index is 0.268. The van der Waals surface area contributed by atoms with E-state index in [0.29, 0.717) is 12.6 Å². The molecule has 0 amide bonds. The molecule has 3 heteroatoms. The molecule has 0 saturated heterocycles. The monoisotopic (exact) mass is 264 g/mol. The Labute approximate surface area is 116 Å². The summed E-state index contributed by atoms with van der Waals surface area (Å²) in [4.78, 5) is 2.17. The third-order valence-corrected chi connectivity index (χ3v) is 3.87. The Morgan fingerprint density at radius 2 is 2.26 bits per heavy atom. The Balaban J connectivity index is 2.14. The van der Waals surface area contributed by atoms with Crippen LogP contribution in [0.25, 0.3) is 0 Å². The minimum atomic E-state index is -0.268. The molecule has 19 heavy (non-hydrogen) atoms. The topological polar surface area (TPSA) is 15.3 Å². The third kappa shape index (κ3) is 3.47. The maximum absolute atomic E-state index is 12.6. The lowest BCUT2D eigenvalue weighted by atomic mass is 9.97. The molecule has 1 aliphatic heterocycles. The van der Waals surface area contributed by atoms with E-state index in [1.54, 1.807) is 0 Å². The summed E-state index contributed by atoms with van der Waals surface area (Å²) in [6.07, 6.45) is 3.40. The van der Waals surface area contributed by atoms with Gasteiger partial charge in [0.1, 0.15) is 6.67 Å². The number of hydrogen-bond acceptors (Lipinski definition) is 2. The molecule has 2 rings (SSSR count). The van der Waals surface area contributed by atoms with E-state index in [1.165, 1.54) is 16.8 Å². The van der Waals surface area contributed by atoms with Gasteiger partial charge < -0.3 is 10.2 Å². The molecule has 0 bridgehead atoms. The van der Waals surface area contributed by atoms with Crippen LogP contribution in [0.5, 0.6) is 0 Å². The second kappa shape index (κ2) is 6.90. The van der Waals surface area contributed by atoms with Crippen molar-refractivity contribution in [3.05, 3.63) is 29.3 Å². The number of rotatable bonds is 6. The van der Waals surface area contributed by atoms with Gasteiger partial charge in [0.15, 0.2) is 0 Å². The number of aryl methyl sites for hydroxylation is 1. The van der Waals surface area contributed by atoms with E-state index in [9.17, 15) is 4.39 Å². The first-order chi connectivity index (χ1) is 9.26. The first kappa shape index (κ1) is 14.3. The average molecular weight is 264 g/mol. The van der Waals surface area contributed by atoms with E-state index < -0.39 is 0 Å². The highest BCUT2D eigenvalue weighted by molar-refractivity contribution is 5.57. The lowest BCUT2D eigenvalue weighted by Gasteiger charge is -2.31. The summed E-state index contributed by atoms with van der Waals surface area (Å²) in [6, 6.07) is 7.04. The summed E-state index contributed by atoms with van der Waals surface area (Å²) < 4.78 is 12.6. The SMILES string of the molecule is CCCNC(C)c1ccc2c(c1)CCCN2CCF. The highest BCUT2D eigenvalue weighted by Crippen LogP contribution is 2.29. The molecule has 0 aliphatic carbocycles. The second-order valence-corrected chi connectivity index (χ2v) is 5.34. The summed E-state index contributed by atoms with van der Waals surface area (Å²) in [6.45, 7) is 6.68. The lowest BCUT2D eigenvalue weighted by molar-refractivity contribution is 0.484. The number of hydrogen-bond donors (Lipinski definition) is 1. The largest absolute Gasteiger partial charge is 0.369 e. The zero-order chi connectivity index (χ0) is 13.7. The first-order valence-electron chi connectivity index (χ1n) is 7.43. The number of alkyl halides is 1. The predicted octanol–water partition coefficient (Wildman–Crippen LogP) is 3.47. The third-order valence-electron chi connectivity index (χ3n) is 3.87. The Bertz CT molecular complexity index is 406. The summed E-state index contributed by atoms with van der Waals surface area (Å²) in [5.41, 5.74) is 3.95. The predicted molar refractivity (Wildman–Crippen MR) is 79.7 cm³/mol. The molecule has 106 valence electrons. The van der Waals surface area contributed by atoms with Crippen molar-refractivity contribution in [3.8, 4) is 0 Å². The van der Waals surface area contributed by atoms with Crippen LogP contribution >= 0.6 is 0 Å². The van der Waals surface area contributed by atoms with Crippen LogP contribution in [-0.4, -0.2) is 26.3 Å². The van der Waals surface area contributed by atoms with Crippen LogP contribution in [0.2, 0.25) is 0 Å². The number of nitrogens with zero attached hydrogens (tertiary/aromatic N) is 1. The van der Waals surface area contributed by atoms with Crippen molar-refractivity contribution < 1.29 is 4.39 Å². The lowest BCUT2D eigenvalue weighted by Crippen LogP contribution is -2.31. The van der Waals surface area contributed by atoms with Gasteiger partial charge >= 0.3 is 0 Å². The maximum Gasteiger partial charge on any atom is 0.107 e. The van der Waals surface area contributed by atoms with Gasteiger partial charge in [-0.2, -0.15) is 0 Å². The second-order valence-electron chi connectivity index (χ2n) is 5.34. The van der Waals surface area contributed by atoms with Gasteiger partial charge in [0.25, 0.3) is 0 Å². The Morgan fingerprint density at radius 3 is 3.00 bits per heavy atom. The summed E-state index contributed by atoms with van der Waals surface area (Å²) in [5.74, 6) is 0. The van der Waals surface area contributed by atoms with E-state index in [-0.39, 0.29) is 6.67 Å². The van der Waals surface area contributed by atoms with E-state index in [0.717, 1.165) is 32.4 Å². The molecule has 0 spiro atoms. The van der Waals surface area contributed by atoms with Crippen molar-refractivity contribution in [1.82, 2.24) is 5.32 Å². The van der Waals surface area contributed by atoms with Crippen molar-refractivity contribution >= 4 is 5.69 Å². The average Bonchev–Trinajstić information content (AvgIpc) is 2.45. The number of nitrogens with one attached hydrogen (secondary N) is 1.